The molecular formula is C12H19NO. The zero-order valence-corrected chi connectivity index (χ0v) is 8.61. The van der Waals surface area contributed by atoms with Crippen LogP contribution < -0.4 is 5.32 Å². The Hall–Kier alpha value is -0.530. The SMILES string of the molecule is O=CNC1CC2CC3CC(C2)CC1C3. The number of carbonyl (C=O) groups is 1. The summed E-state index contributed by atoms with van der Waals surface area (Å²) in [5, 5.41) is 3.06. The van der Waals surface area contributed by atoms with E-state index in [0.29, 0.717) is 6.04 Å². The first-order valence-electron chi connectivity index (χ1n) is 6.05. The molecule has 0 aromatic heterocycles. The van der Waals surface area contributed by atoms with E-state index in [1.165, 1.54) is 38.5 Å². The molecule has 0 spiro atoms. The number of hydrogen-bond acceptors (Lipinski definition) is 1. The van der Waals surface area contributed by atoms with E-state index in [0.717, 1.165) is 30.1 Å². The maximum absolute atomic E-state index is 10.6. The van der Waals surface area contributed by atoms with Gasteiger partial charge in [0.25, 0.3) is 0 Å². The molecule has 4 bridgehead atoms. The lowest BCUT2D eigenvalue weighted by Crippen LogP contribution is -2.36. The van der Waals surface area contributed by atoms with Crippen LogP contribution >= 0.6 is 0 Å². The van der Waals surface area contributed by atoms with Gasteiger partial charge in [-0.2, -0.15) is 0 Å². The number of rotatable bonds is 2. The third-order valence-corrected chi connectivity index (χ3v) is 4.71. The molecule has 0 aromatic rings. The zero-order valence-electron chi connectivity index (χ0n) is 8.61. The molecule has 0 heterocycles. The highest BCUT2D eigenvalue weighted by Crippen LogP contribution is 2.51. The van der Waals surface area contributed by atoms with E-state index < -0.39 is 0 Å². The molecule has 2 nitrogen and oxygen atoms in total. The minimum absolute atomic E-state index is 0.507. The molecule has 0 aliphatic heterocycles. The molecule has 0 saturated heterocycles. The predicted octanol–water partition coefficient (Wildman–Crippen LogP) is 1.95. The maximum Gasteiger partial charge on any atom is 0.207 e. The molecule has 3 unspecified atom stereocenters. The Balaban J connectivity index is 1.82. The lowest BCUT2D eigenvalue weighted by atomic mass is 9.67. The van der Waals surface area contributed by atoms with Crippen molar-refractivity contribution in [2.24, 2.45) is 23.7 Å². The van der Waals surface area contributed by atoms with Crippen molar-refractivity contribution in [3.05, 3.63) is 0 Å². The number of amides is 1. The summed E-state index contributed by atoms with van der Waals surface area (Å²) in [6.45, 7) is 0. The van der Waals surface area contributed by atoms with Crippen LogP contribution in [0.25, 0.3) is 0 Å². The van der Waals surface area contributed by atoms with Gasteiger partial charge in [0.2, 0.25) is 6.41 Å². The predicted molar refractivity (Wildman–Crippen MR) is 54.6 cm³/mol. The third-order valence-electron chi connectivity index (χ3n) is 4.71. The van der Waals surface area contributed by atoms with Gasteiger partial charge in [0, 0.05) is 6.04 Å². The third kappa shape index (κ3) is 1.35. The van der Waals surface area contributed by atoms with Crippen molar-refractivity contribution in [1.82, 2.24) is 5.32 Å². The van der Waals surface area contributed by atoms with E-state index in [-0.39, 0.29) is 0 Å². The Kier molecular flexibility index (Phi) is 2.03. The van der Waals surface area contributed by atoms with E-state index in [4.69, 9.17) is 0 Å². The van der Waals surface area contributed by atoms with Gasteiger partial charge in [-0.15, -0.1) is 0 Å². The Morgan fingerprint density at radius 1 is 0.857 bits per heavy atom. The van der Waals surface area contributed by atoms with Crippen molar-refractivity contribution in [2.75, 3.05) is 0 Å². The van der Waals surface area contributed by atoms with E-state index in [9.17, 15) is 4.79 Å². The number of hydrogen-bond donors (Lipinski definition) is 1. The average Bonchev–Trinajstić information content (AvgIpc) is 2.32. The standard InChI is InChI=1S/C12H19NO/c14-7-13-12-6-10-2-8-1-9(3-10)5-11(12)4-8/h7-12H,1-6H2,(H,13,14). The molecule has 4 saturated carbocycles. The highest BCUT2D eigenvalue weighted by Gasteiger charge is 2.43. The van der Waals surface area contributed by atoms with Gasteiger partial charge in [0.15, 0.2) is 0 Å². The molecule has 0 radical (unpaired) electrons. The Morgan fingerprint density at radius 2 is 1.43 bits per heavy atom. The van der Waals surface area contributed by atoms with Crippen molar-refractivity contribution in [3.8, 4) is 0 Å². The summed E-state index contributed by atoms with van der Waals surface area (Å²) < 4.78 is 0. The van der Waals surface area contributed by atoms with Crippen LogP contribution in [0.2, 0.25) is 0 Å². The van der Waals surface area contributed by atoms with Crippen LogP contribution in [0.15, 0.2) is 0 Å². The van der Waals surface area contributed by atoms with Gasteiger partial charge in [-0.05, 0) is 62.2 Å². The van der Waals surface area contributed by atoms with Crippen molar-refractivity contribution in [1.29, 1.82) is 0 Å². The molecule has 1 N–H and O–H groups in total. The highest BCUT2D eigenvalue weighted by atomic mass is 16.1. The first kappa shape index (κ1) is 8.75. The van der Waals surface area contributed by atoms with Gasteiger partial charge in [-0.3, -0.25) is 4.79 Å². The molecule has 14 heavy (non-hydrogen) atoms. The monoisotopic (exact) mass is 193 g/mol. The largest absolute Gasteiger partial charge is 0.356 e. The molecular weight excluding hydrogens is 174 g/mol. The average molecular weight is 193 g/mol. The molecule has 2 heteroatoms. The van der Waals surface area contributed by atoms with Crippen LogP contribution in [-0.4, -0.2) is 12.5 Å². The number of fused-ring (bicyclic) bond motifs is 1. The van der Waals surface area contributed by atoms with E-state index in [2.05, 4.69) is 5.32 Å². The van der Waals surface area contributed by atoms with Gasteiger partial charge in [0.1, 0.15) is 0 Å². The van der Waals surface area contributed by atoms with Crippen LogP contribution in [-0.2, 0) is 4.79 Å². The fourth-order valence-corrected chi connectivity index (χ4v) is 4.40. The minimum Gasteiger partial charge on any atom is -0.356 e. The Morgan fingerprint density at radius 3 is 2.00 bits per heavy atom. The Labute approximate surface area is 85.4 Å². The van der Waals surface area contributed by atoms with Crippen LogP contribution in [0, 0.1) is 23.7 Å². The summed E-state index contributed by atoms with van der Waals surface area (Å²) in [6, 6.07) is 0.507. The number of nitrogens with one attached hydrogen (secondary N) is 1. The quantitative estimate of drug-likeness (QED) is 0.667. The first-order valence-corrected chi connectivity index (χ1v) is 6.05. The fourth-order valence-electron chi connectivity index (χ4n) is 4.40. The van der Waals surface area contributed by atoms with Gasteiger partial charge in [-0.1, -0.05) is 0 Å². The van der Waals surface area contributed by atoms with Crippen molar-refractivity contribution in [3.63, 3.8) is 0 Å². The first-order chi connectivity index (χ1) is 6.85. The van der Waals surface area contributed by atoms with Crippen molar-refractivity contribution < 1.29 is 4.79 Å². The summed E-state index contributed by atoms with van der Waals surface area (Å²) in [7, 11) is 0. The second kappa shape index (κ2) is 3.25. The topological polar surface area (TPSA) is 29.1 Å². The lowest BCUT2D eigenvalue weighted by Gasteiger charge is -2.38. The van der Waals surface area contributed by atoms with Crippen LogP contribution in [0.4, 0.5) is 0 Å². The highest BCUT2D eigenvalue weighted by molar-refractivity contribution is 5.46. The van der Waals surface area contributed by atoms with E-state index >= 15 is 0 Å². The fraction of sp³-hybridized carbons (Fsp3) is 0.917. The smallest absolute Gasteiger partial charge is 0.207 e. The van der Waals surface area contributed by atoms with Crippen molar-refractivity contribution >= 4 is 6.41 Å². The second-order valence-corrected chi connectivity index (χ2v) is 5.66. The second-order valence-electron chi connectivity index (χ2n) is 5.66. The molecule has 78 valence electrons. The molecule has 4 aliphatic carbocycles. The van der Waals surface area contributed by atoms with Crippen LogP contribution in [0.3, 0.4) is 0 Å². The normalized spacial score (nSPS) is 50.1. The molecule has 1 amide bonds. The van der Waals surface area contributed by atoms with Gasteiger partial charge in [0.05, 0.1) is 0 Å². The summed E-state index contributed by atoms with van der Waals surface area (Å²) in [4.78, 5) is 10.6. The van der Waals surface area contributed by atoms with Crippen molar-refractivity contribution in [2.45, 2.75) is 44.6 Å². The summed E-state index contributed by atoms with van der Waals surface area (Å²) in [5.74, 6) is 3.71. The van der Waals surface area contributed by atoms with Crippen LogP contribution in [0.1, 0.15) is 38.5 Å². The summed E-state index contributed by atoms with van der Waals surface area (Å²) >= 11 is 0. The van der Waals surface area contributed by atoms with Gasteiger partial charge in [-0.25, -0.2) is 0 Å². The minimum atomic E-state index is 0.507. The Bertz CT molecular complexity index is 226. The molecule has 4 rings (SSSR count). The van der Waals surface area contributed by atoms with E-state index in [1.54, 1.807) is 0 Å². The molecule has 4 fully saturated rings. The van der Waals surface area contributed by atoms with Gasteiger partial charge < -0.3 is 5.32 Å². The number of carbonyl (C=O) groups excluding carboxylic acids is 1. The summed E-state index contributed by atoms with van der Waals surface area (Å²) in [6.07, 6.45) is 9.33. The molecule has 4 aliphatic rings. The lowest BCUT2D eigenvalue weighted by molar-refractivity contribution is -0.110. The van der Waals surface area contributed by atoms with E-state index in [1.807, 2.05) is 0 Å². The van der Waals surface area contributed by atoms with Crippen LogP contribution in [0.5, 0.6) is 0 Å². The maximum atomic E-state index is 10.6. The van der Waals surface area contributed by atoms with Gasteiger partial charge >= 0.3 is 0 Å². The molecule has 3 atom stereocenters. The zero-order chi connectivity index (χ0) is 9.54. The molecule has 0 aromatic carbocycles. The summed E-state index contributed by atoms with van der Waals surface area (Å²) in [5.41, 5.74) is 0.